The summed E-state index contributed by atoms with van der Waals surface area (Å²) in [4.78, 5) is 20.4. The standard InChI is InChI=1S/C20H20OP.C9H7BrClFO.C9H9BrClF.C8H7BrClFO.C8H5BrClFO.C7H3BrClFO.C6H3BrClF.C4H9.B.ClH.Li.Na.H/c1-21-17-22(18-11-5-2-6-12-18,19-13-7-3-8-14-19)20-15-9-4-10-16-20;1-13-5-4-6-7(10)2-3-8(11)9(6)12;1-2-3-6-7(10)4-5-8(11)9(6)12;2*9-6-1-2-7(10)8(11)5(6)3-4-12;8-5-1-2-6(9)7(10)4(5)3-11;7-4-1-2-5(8)6(9)3-4;1-3-4-2;;;;;/h2-16H,17H2,1H3;2-5H,1H3;4-5H,2-3H2,1H3;1-2,12H,3-4H2;1-2,4H,3H2;1-3H;1-3H;1,3-4H2,2H3;;1H;;;/q+1;;;;;;;-1;;;2*+1;-1/p-1. The summed E-state index contributed by atoms with van der Waals surface area (Å²) in [5.41, 5.74) is 1.74. The maximum atomic E-state index is 13.3. The number of carbonyl (C=O) groups is 2. The van der Waals surface area contributed by atoms with Gasteiger partial charge in [0.05, 0.1) is 49.1 Å². The van der Waals surface area contributed by atoms with Gasteiger partial charge in [-0.05, 0) is 150 Å². The van der Waals surface area contributed by atoms with E-state index in [4.69, 9.17) is 79.4 Å². The molecule has 28 heteroatoms. The Kier molecular flexibility index (Phi) is 58.1. The molecule has 0 bridgehead atoms. The van der Waals surface area contributed by atoms with Crippen LogP contribution in [0, 0.1) is 41.8 Å². The number of halogens is 19. The summed E-state index contributed by atoms with van der Waals surface area (Å²) >= 11 is 52.0. The van der Waals surface area contributed by atoms with Crippen molar-refractivity contribution in [2.75, 3.05) is 27.2 Å². The third-order valence-corrected chi connectivity index (χ3v) is 22.4. The van der Waals surface area contributed by atoms with Gasteiger partial charge in [0, 0.05) is 77.6 Å². The Morgan fingerprint density at radius 3 is 1.17 bits per heavy atom. The fourth-order valence-corrected chi connectivity index (χ4v) is 15.1. The molecule has 9 rings (SSSR count). The molecule has 0 aromatic heterocycles. The second-order valence-corrected chi connectivity index (χ2v) is 29.9. The molecule has 521 valence electrons. The molecule has 0 saturated heterocycles. The van der Waals surface area contributed by atoms with Crippen LogP contribution in [0.15, 0.2) is 203 Å². The van der Waals surface area contributed by atoms with E-state index in [1.807, 2.05) is 6.92 Å². The quantitative estimate of drug-likeness (QED) is 0.0211. The van der Waals surface area contributed by atoms with Gasteiger partial charge in [0.2, 0.25) is 0 Å². The average molecular weight is 1910 g/mol. The Bertz CT molecular complexity index is 3720. The monoisotopic (exact) mass is 1900 g/mol. The average Bonchev–Trinajstić information content (AvgIpc) is 0.760. The summed E-state index contributed by atoms with van der Waals surface area (Å²) in [6.07, 6.45) is 8.88. The van der Waals surface area contributed by atoms with E-state index in [2.05, 4.69) is 205 Å². The number of hydrogen-bond donors (Lipinski definition) is 1. The minimum absolute atomic E-state index is 0. The first-order valence-corrected chi connectivity index (χ1v) is 37.1. The zero-order chi connectivity index (χ0) is 71.2. The van der Waals surface area contributed by atoms with Gasteiger partial charge in [-0.25, -0.2) is 26.3 Å². The van der Waals surface area contributed by atoms with Gasteiger partial charge in [0.1, 0.15) is 58.5 Å². The first kappa shape index (κ1) is 102. The number of aliphatic hydroxyl groups is 1. The fourth-order valence-electron chi connectivity index (χ4n) is 7.66. The van der Waals surface area contributed by atoms with E-state index in [1.165, 1.54) is 84.2 Å². The minimum atomic E-state index is -1.78. The van der Waals surface area contributed by atoms with Gasteiger partial charge in [0.15, 0.2) is 18.5 Å². The summed E-state index contributed by atoms with van der Waals surface area (Å²) in [5.74, 6) is -2.82. The molecule has 0 aliphatic rings. The molecule has 5 nitrogen and oxygen atoms in total. The van der Waals surface area contributed by atoms with Crippen molar-refractivity contribution < 1.29 is 113 Å². The van der Waals surface area contributed by atoms with Crippen molar-refractivity contribution in [3.63, 3.8) is 0 Å². The maximum absolute atomic E-state index is 13.3. The van der Waals surface area contributed by atoms with E-state index in [0.717, 1.165) is 17.3 Å². The molecule has 9 aromatic rings. The van der Waals surface area contributed by atoms with E-state index in [9.17, 15) is 35.9 Å². The topological polar surface area (TPSA) is 72.8 Å². The molecule has 0 aliphatic carbocycles. The SMILES string of the molecule is CCCc1c(Br)ccc(Cl)c1F.COC=Cc1c(Br)ccc(Cl)c1F.COC[P+](c1ccccc1)(c1ccccc1)c1ccccc1.Fc1cc(Br)ccc1Cl.O=CCc1c(Br)ccc(Cl)c1F.O=Cc1c(Br)ccc(Cl)c1F.OCCc1c(Br)ccc(Cl)c1F.[B].[CH2-]CCC.[Cl-].[H-].[Li+].[Na+]. The molecule has 0 amide bonds. The fraction of sp³-hybridized carbons (Fsp3) is 0.169. The number of hydrogen-bond acceptors (Lipinski definition) is 5. The van der Waals surface area contributed by atoms with Crippen LogP contribution in [0.2, 0.25) is 30.1 Å². The Morgan fingerprint density at radius 2 is 0.848 bits per heavy atom. The predicted molar refractivity (Wildman–Crippen MR) is 415 cm³/mol. The third-order valence-electron chi connectivity index (χ3n) is 12.4. The van der Waals surface area contributed by atoms with Crippen LogP contribution in [0.4, 0.5) is 26.3 Å². The second-order valence-electron chi connectivity index (χ2n) is 18.9. The van der Waals surface area contributed by atoms with Crippen LogP contribution < -0.4 is 76.7 Å². The van der Waals surface area contributed by atoms with Gasteiger partial charge < -0.3 is 40.1 Å². The van der Waals surface area contributed by atoms with Gasteiger partial charge in [-0.1, -0.05) is 231 Å². The van der Waals surface area contributed by atoms with Gasteiger partial charge in [0.25, 0.3) is 0 Å². The van der Waals surface area contributed by atoms with Crippen molar-refractivity contribution >= 4 is 215 Å². The summed E-state index contributed by atoms with van der Waals surface area (Å²) in [5, 5.41) is 13.2. The summed E-state index contributed by atoms with van der Waals surface area (Å²) < 4.78 is 92.4. The number of aliphatic hydroxyl groups excluding tert-OH is 1. The minimum Gasteiger partial charge on any atom is -1.00 e. The zero-order valence-corrected chi connectivity index (χ0v) is 71.8. The second kappa shape index (κ2) is 56.7. The van der Waals surface area contributed by atoms with Crippen molar-refractivity contribution in [3.05, 3.63) is 303 Å². The molecular formula is C71H64BBr6Cl7F6LiNaO5P. The van der Waals surface area contributed by atoms with Crippen LogP contribution in [0.3, 0.4) is 0 Å². The van der Waals surface area contributed by atoms with Gasteiger partial charge in [-0.3, -0.25) is 4.79 Å². The van der Waals surface area contributed by atoms with E-state index in [-0.39, 0.29) is 132 Å². The Hall–Kier alpha value is -1.64. The van der Waals surface area contributed by atoms with Gasteiger partial charge >= 0.3 is 48.4 Å². The van der Waals surface area contributed by atoms with Crippen molar-refractivity contribution in [1.82, 2.24) is 0 Å². The van der Waals surface area contributed by atoms with Crippen molar-refractivity contribution in [1.29, 1.82) is 0 Å². The van der Waals surface area contributed by atoms with Crippen LogP contribution in [0.25, 0.3) is 6.08 Å². The number of carbonyl (C=O) groups excluding carboxylic acids is 2. The number of unbranched alkanes of at least 4 members (excludes halogenated alkanes) is 1. The molecule has 0 aliphatic heterocycles. The smallest absolute Gasteiger partial charge is 1.00 e. The molecule has 0 fully saturated rings. The number of methoxy groups -OCH3 is 2. The Balaban J connectivity index is -0.000000538. The van der Waals surface area contributed by atoms with E-state index in [0.29, 0.717) is 70.0 Å². The van der Waals surface area contributed by atoms with Gasteiger partial charge in [-0.15, -0.1) is 0 Å². The summed E-state index contributed by atoms with van der Waals surface area (Å²) in [7, 11) is 1.51. The summed E-state index contributed by atoms with van der Waals surface area (Å²) in [6.45, 7) is 7.64. The number of benzene rings is 9. The molecule has 9 aromatic carbocycles. The molecule has 0 heterocycles. The maximum Gasteiger partial charge on any atom is 1.00 e. The first-order valence-electron chi connectivity index (χ1n) is 28.1. The van der Waals surface area contributed by atoms with Crippen LogP contribution in [-0.2, 0) is 33.5 Å². The molecule has 3 radical (unpaired) electrons. The molecule has 0 saturated carbocycles. The molecule has 1 N–H and O–H groups in total. The first-order chi connectivity index (χ1) is 45.3. The van der Waals surface area contributed by atoms with Crippen LogP contribution in [-0.4, -0.2) is 53.3 Å². The van der Waals surface area contributed by atoms with Crippen molar-refractivity contribution in [2.45, 2.75) is 52.4 Å². The van der Waals surface area contributed by atoms with Crippen LogP contribution >= 0.6 is 172 Å². The third kappa shape index (κ3) is 34.2. The normalized spacial score (nSPS) is 9.90. The van der Waals surface area contributed by atoms with Crippen LogP contribution in [0.5, 0.6) is 0 Å². The van der Waals surface area contributed by atoms with Crippen molar-refractivity contribution in [2.24, 2.45) is 0 Å². The Labute approximate surface area is 702 Å². The largest absolute Gasteiger partial charge is 1.00 e. The molecule has 99 heavy (non-hydrogen) atoms. The van der Waals surface area contributed by atoms with E-state index in [1.54, 1.807) is 43.5 Å². The number of rotatable bonds is 15. The zero-order valence-electron chi connectivity index (χ0n) is 55.1. The summed E-state index contributed by atoms with van der Waals surface area (Å²) in [6, 6.07) is 52.4. The van der Waals surface area contributed by atoms with Crippen molar-refractivity contribution in [3.8, 4) is 0 Å². The van der Waals surface area contributed by atoms with E-state index < -0.39 is 36.3 Å². The van der Waals surface area contributed by atoms with Crippen LogP contribution in [0.1, 0.15) is 67.1 Å². The molecular weight excluding hydrogens is 1850 g/mol. The molecule has 0 unspecified atom stereocenters. The predicted octanol–water partition coefficient (Wildman–Crippen LogP) is 16.1. The Morgan fingerprint density at radius 1 is 0.505 bits per heavy atom. The van der Waals surface area contributed by atoms with Gasteiger partial charge in [-0.2, -0.15) is 6.42 Å². The number of aldehydes is 2. The van der Waals surface area contributed by atoms with E-state index >= 15 is 0 Å². The number of ether oxygens (including phenoxy) is 2. The molecule has 0 atom stereocenters. The molecule has 0 spiro atoms.